The number of nitrogens with two attached hydrogens (primary N) is 1. The van der Waals surface area contributed by atoms with Crippen molar-refractivity contribution in [3.05, 3.63) is 30.7 Å². The van der Waals surface area contributed by atoms with Crippen LogP contribution in [0.5, 0.6) is 0 Å². The molecule has 0 aliphatic heterocycles. The SMILES string of the molecule is Cc1nccn1-c1ncncc1N. The van der Waals surface area contributed by atoms with Crippen LogP contribution >= 0.6 is 0 Å². The number of anilines is 1. The highest BCUT2D eigenvalue weighted by Crippen LogP contribution is 2.12. The summed E-state index contributed by atoms with van der Waals surface area (Å²) in [5.41, 5.74) is 6.25. The third-order valence-electron chi connectivity index (χ3n) is 1.77. The summed E-state index contributed by atoms with van der Waals surface area (Å²) in [5.74, 6) is 1.52. The first-order chi connectivity index (χ1) is 6.29. The van der Waals surface area contributed by atoms with Gasteiger partial charge in [-0.1, -0.05) is 0 Å². The van der Waals surface area contributed by atoms with Crippen LogP contribution in [0, 0.1) is 6.92 Å². The Balaban J connectivity index is 2.59. The van der Waals surface area contributed by atoms with Gasteiger partial charge >= 0.3 is 0 Å². The van der Waals surface area contributed by atoms with E-state index in [4.69, 9.17) is 5.73 Å². The van der Waals surface area contributed by atoms with Gasteiger partial charge < -0.3 is 5.73 Å². The summed E-state index contributed by atoms with van der Waals surface area (Å²) in [5, 5.41) is 0. The Hall–Kier alpha value is -1.91. The lowest BCUT2D eigenvalue weighted by molar-refractivity contribution is 0.923. The molecule has 5 heteroatoms. The zero-order valence-corrected chi connectivity index (χ0v) is 7.18. The molecule has 2 heterocycles. The minimum Gasteiger partial charge on any atom is -0.394 e. The maximum absolute atomic E-state index is 5.71. The summed E-state index contributed by atoms with van der Waals surface area (Å²) in [6.45, 7) is 1.89. The van der Waals surface area contributed by atoms with Crippen LogP contribution in [0.15, 0.2) is 24.9 Å². The smallest absolute Gasteiger partial charge is 0.164 e. The minimum atomic E-state index is 0.545. The number of rotatable bonds is 1. The average molecular weight is 175 g/mol. The standard InChI is InChI=1S/C8H9N5/c1-6-11-2-3-13(6)8-7(9)4-10-5-12-8/h2-5H,9H2,1H3. The van der Waals surface area contributed by atoms with E-state index < -0.39 is 0 Å². The van der Waals surface area contributed by atoms with Crippen molar-refractivity contribution >= 4 is 5.69 Å². The van der Waals surface area contributed by atoms with Crippen molar-refractivity contribution in [1.29, 1.82) is 0 Å². The number of aromatic nitrogens is 4. The molecule has 0 radical (unpaired) electrons. The predicted molar refractivity (Wildman–Crippen MR) is 48.3 cm³/mol. The van der Waals surface area contributed by atoms with Crippen LogP contribution in [0.4, 0.5) is 5.69 Å². The second-order valence-electron chi connectivity index (χ2n) is 2.65. The first-order valence-corrected chi connectivity index (χ1v) is 3.85. The van der Waals surface area contributed by atoms with Crippen LogP contribution in [0.2, 0.25) is 0 Å². The molecule has 0 saturated carbocycles. The largest absolute Gasteiger partial charge is 0.394 e. The molecule has 0 saturated heterocycles. The molecule has 2 aromatic rings. The molecule has 0 aromatic carbocycles. The van der Waals surface area contributed by atoms with E-state index in [0.29, 0.717) is 11.5 Å². The molecule has 0 aliphatic rings. The highest BCUT2D eigenvalue weighted by molar-refractivity contribution is 5.50. The van der Waals surface area contributed by atoms with Gasteiger partial charge in [-0.25, -0.2) is 15.0 Å². The lowest BCUT2D eigenvalue weighted by Gasteiger charge is -2.05. The van der Waals surface area contributed by atoms with Crippen LogP contribution in [0.1, 0.15) is 5.82 Å². The zero-order chi connectivity index (χ0) is 9.26. The molecular formula is C8H9N5. The van der Waals surface area contributed by atoms with Crippen LogP contribution in [0.25, 0.3) is 5.82 Å². The fraction of sp³-hybridized carbons (Fsp3) is 0.125. The van der Waals surface area contributed by atoms with E-state index in [1.807, 2.05) is 17.7 Å². The monoisotopic (exact) mass is 175 g/mol. The van der Waals surface area contributed by atoms with Crippen molar-refractivity contribution in [2.24, 2.45) is 0 Å². The molecule has 0 unspecified atom stereocenters. The average Bonchev–Trinajstić information content (AvgIpc) is 2.52. The van der Waals surface area contributed by atoms with Gasteiger partial charge in [-0.2, -0.15) is 0 Å². The highest BCUT2D eigenvalue weighted by atomic mass is 15.1. The van der Waals surface area contributed by atoms with Crippen LogP contribution in [-0.4, -0.2) is 19.5 Å². The van der Waals surface area contributed by atoms with E-state index in [1.54, 1.807) is 12.4 Å². The van der Waals surface area contributed by atoms with Gasteiger partial charge in [0.05, 0.1) is 11.9 Å². The Kier molecular flexibility index (Phi) is 1.70. The van der Waals surface area contributed by atoms with Crippen LogP contribution in [0.3, 0.4) is 0 Å². The Bertz CT molecular complexity index is 420. The van der Waals surface area contributed by atoms with Gasteiger partial charge in [0.25, 0.3) is 0 Å². The predicted octanol–water partition coefficient (Wildman–Crippen LogP) is 0.553. The Labute approximate surface area is 75.3 Å². The lowest BCUT2D eigenvalue weighted by Crippen LogP contribution is -2.03. The van der Waals surface area contributed by atoms with Crippen molar-refractivity contribution in [1.82, 2.24) is 19.5 Å². The maximum atomic E-state index is 5.71. The van der Waals surface area contributed by atoms with Gasteiger partial charge in [0.2, 0.25) is 0 Å². The topological polar surface area (TPSA) is 69.6 Å². The molecule has 0 amide bonds. The van der Waals surface area contributed by atoms with E-state index in [0.717, 1.165) is 5.82 Å². The number of hydrogen-bond donors (Lipinski definition) is 1. The summed E-state index contributed by atoms with van der Waals surface area (Å²) >= 11 is 0. The number of aryl methyl sites for hydroxylation is 1. The Morgan fingerprint density at radius 3 is 2.85 bits per heavy atom. The van der Waals surface area contributed by atoms with Gasteiger partial charge in [0, 0.05) is 12.4 Å². The van der Waals surface area contributed by atoms with Gasteiger partial charge in [-0.15, -0.1) is 0 Å². The quantitative estimate of drug-likeness (QED) is 0.687. The molecule has 13 heavy (non-hydrogen) atoms. The molecule has 2 N–H and O–H groups in total. The van der Waals surface area contributed by atoms with E-state index >= 15 is 0 Å². The summed E-state index contributed by atoms with van der Waals surface area (Å²) in [6.07, 6.45) is 6.55. The number of nitrogen functional groups attached to an aromatic ring is 1. The molecular weight excluding hydrogens is 166 g/mol. The van der Waals surface area contributed by atoms with Crippen LogP contribution < -0.4 is 5.73 Å². The molecule has 2 aromatic heterocycles. The van der Waals surface area contributed by atoms with Crippen LogP contribution in [-0.2, 0) is 0 Å². The van der Waals surface area contributed by atoms with E-state index in [2.05, 4.69) is 15.0 Å². The molecule has 0 spiro atoms. The van der Waals surface area contributed by atoms with Gasteiger partial charge in [-0.05, 0) is 6.92 Å². The van der Waals surface area contributed by atoms with Crippen molar-refractivity contribution in [2.75, 3.05) is 5.73 Å². The second-order valence-corrected chi connectivity index (χ2v) is 2.65. The lowest BCUT2D eigenvalue weighted by atomic mass is 10.4. The summed E-state index contributed by atoms with van der Waals surface area (Å²) < 4.78 is 1.82. The van der Waals surface area contributed by atoms with E-state index in [9.17, 15) is 0 Å². The molecule has 2 rings (SSSR count). The molecule has 0 aliphatic carbocycles. The minimum absolute atomic E-state index is 0.545. The van der Waals surface area contributed by atoms with Crippen molar-refractivity contribution in [2.45, 2.75) is 6.92 Å². The highest BCUT2D eigenvalue weighted by Gasteiger charge is 2.04. The Morgan fingerprint density at radius 1 is 1.38 bits per heavy atom. The number of hydrogen-bond acceptors (Lipinski definition) is 4. The molecule has 0 fully saturated rings. The van der Waals surface area contributed by atoms with Crippen molar-refractivity contribution in [3.8, 4) is 5.82 Å². The number of imidazole rings is 1. The third kappa shape index (κ3) is 1.24. The molecule has 0 atom stereocenters. The Morgan fingerprint density at radius 2 is 2.23 bits per heavy atom. The molecule has 5 nitrogen and oxygen atoms in total. The van der Waals surface area contributed by atoms with Crippen molar-refractivity contribution < 1.29 is 0 Å². The van der Waals surface area contributed by atoms with Crippen molar-refractivity contribution in [3.63, 3.8) is 0 Å². The van der Waals surface area contributed by atoms with E-state index in [1.165, 1.54) is 6.33 Å². The zero-order valence-electron chi connectivity index (χ0n) is 7.18. The first-order valence-electron chi connectivity index (χ1n) is 3.85. The summed E-state index contributed by atoms with van der Waals surface area (Å²) in [6, 6.07) is 0. The fourth-order valence-corrected chi connectivity index (χ4v) is 1.14. The number of nitrogens with zero attached hydrogens (tertiary/aromatic N) is 4. The first kappa shape index (κ1) is 7.72. The van der Waals surface area contributed by atoms with E-state index in [-0.39, 0.29) is 0 Å². The summed E-state index contributed by atoms with van der Waals surface area (Å²) in [4.78, 5) is 12.0. The second kappa shape index (κ2) is 2.85. The third-order valence-corrected chi connectivity index (χ3v) is 1.77. The van der Waals surface area contributed by atoms with Gasteiger partial charge in [0.15, 0.2) is 5.82 Å². The van der Waals surface area contributed by atoms with Gasteiger partial charge in [-0.3, -0.25) is 4.57 Å². The fourth-order valence-electron chi connectivity index (χ4n) is 1.14. The maximum Gasteiger partial charge on any atom is 0.164 e. The van der Waals surface area contributed by atoms with Gasteiger partial charge in [0.1, 0.15) is 12.2 Å². The molecule has 0 bridgehead atoms. The molecule has 66 valence electrons. The normalized spacial score (nSPS) is 10.2. The summed E-state index contributed by atoms with van der Waals surface area (Å²) in [7, 11) is 0.